The highest BCUT2D eigenvalue weighted by Gasteiger charge is 1.99. The van der Waals surface area contributed by atoms with Gasteiger partial charge < -0.3 is 10.4 Å². The Morgan fingerprint density at radius 3 is 2.54 bits per heavy atom. The molecule has 68 valence electrons. The van der Waals surface area contributed by atoms with Gasteiger partial charge in [-0.15, -0.1) is 4.91 Å². The number of anilines is 1. The van der Waals surface area contributed by atoms with Crippen LogP contribution in [-0.2, 0) is 4.79 Å². The van der Waals surface area contributed by atoms with Crippen LogP contribution < -0.4 is 5.32 Å². The van der Waals surface area contributed by atoms with Crippen molar-refractivity contribution in [3.8, 4) is 5.75 Å². The fourth-order valence-electron chi connectivity index (χ4n) is 0.789. The summed E-state index contributed by atoms with van der Waals surface area (Å²) in [6, 6.07) is 6.13. The molecule has 0 radical (unpaired) electrons. The molecule has 0 bridgehead atoms. The van der Waals surface area contributed by atoms with Crippen LogP contribution in [0.4, 0.5) is 5.69 Å². The highest BCUT2D eigenvalue weighted by atomic mass is 16.3. The maximum atomic E-state index is 10.5. The Kier molecular flexibility index (Phi) is 2.97. The van der Waals surface area contributed by atoms with Gasteiger partial charge in [0.2, 0.25) is 0 Å². The molecule has 2 N–H and O–H groups in total. The number of rotatable bonds is 3. The number of nitrogens with zero attached hydrogens (tertiary/aromatic N) is 1. The van der Waals surface area contributed by atoms with Gasteiger partial charge in [-0.2, -0.15) is 0 Å². The Labute approximate surface area is 74.4 Å². The van der Waals surface area contributed by atoms with Crippen molar-refractivity contribution >= 4 is 11.6 Å². The fourth-order valence-corrected chi connectivity index (χ4v) is 0.789. The molecule has 0 heterocycles. The number of amides is 1. The maximum absolute atomic E-state index is 10.5. The molecule has 5 nitrogen and oxygen atoms in total. The summed E-state index contributed by atoms with van der Waals surface area (Å²) in [5.74, 6) is -0.613. The first-order valence-corrected chi connectivity index (χ1v) is 3.61. The number of phenols is 1. The van der Waals surface area contributed by atoms with Crippen molar-refractivity contribution in [3.63, 3.8) is 0 Å². The van der Waals surface area contributed by atoms with E-state index in [1.54, 1.807) is 12.1 Å². The molecular weight excluding hydrogens is 172 g/mol. The molecule has 0 spiro atoms. The molecule has 1 aromatic rings. The average Bonchev–Trinajstić information content (AvgIpc) is 2.16. The third-order valence-electron chi connectivity index (χ3n) is 1.41. The second-order valence-corrected chi connectivity index (χ2v) is 2.39. The third kappa shape index (κ3) is 2.90. The summed E-state index contributed by atoms with van der Waals surface area (Å²) in [7, 11) is 0. The molecular formula is C8H8N2O3. The van der Waals surface area contributed by atoms with E-state index in [1.165, 1.54) is 12.1 Å². The van der Waals surface area contributed by atoms with E-state index >= 15 is 0 Å². The van der Waals surface area contributed by atoms with Gasteiger partial charge >= 0.3 is 5.91 Å². The van der Waals surface area contributed by atoms with Crippen LogP contribution in [0.2, 0.25) is 0 Å². The molecule has 1 rings (SSSR count). The molecule has 13 heavy (non-hydrogen) atoms. The van der Waals surface area contributed by atoms with Crippen molar-refractivity contribution in [2.75, 3.05) is 11.9 Å². The third-order valence-corrected chi connectivity index (χ3v) is 1.41. The van der Waals surface area contributed by atoms with Gasteiger partial charge in [-0.05, 0) is 24.3 Å². The zero-order valence-electron chi connectivity index (χ0n) is 6.73. The van der Waals surface area contributed by atoms with Gasteiger partial charge in [-0.3, -0.25) is 4.79 Å². The first kappa shape index (κ1) is 9.18. The summed E-state index contributed by atoms with van der Waals surface area (Å²) in [4.78, 5) is 20.2. The Balaban J connectivity index is 2.50. The van der Waals surface area contributed by atoms with E-state index in [2.05, 4.69) is 10.5 Å². The van der Waals surface area contributed by atoms with E-state index in [-0.39, 0.29) is 12.3 Å². The number of benzene rings is 1. The molecule has 1 aromatic carbocycles. The molecule has 0 fully saturated rings. The summed E-state index contributed by atoms with van der Waals surface area (Å²) < 4.78 is 0. The number of carbonyl (C=O) groups is 1. The average molecular weight is 180 g/mol. The molecule has 0 saturated carbocycles. The number of aromatic hydroxyl groups is 1. The molecule has 0 unspecified atom stereocenters. The van der Waals surface area contributed by atoms with Gasteiger partial charge in [-0.25, -0.2) is 0 Å². The van der Waals surface area contributed by atoms with Gasteiger partial charge in [0.05, 0.1) is 6.54 Å². The summed E-state index contributed by atoms with van der Waals surface area (Å²) in [5, 5.41) is 13.8. The number of hydrogen-bond donors (Lipinski definition) is 2. The van der Waals surface area contributed by atoms with Crippen LogP contribution in [0.1, 0.15) is 0 Å². The molecule has 1 amide bonds. The first-order chi connectivity index (χ1) is 6.22. The predicted molar refractivity (Wildman–Crippen MR) is 47.4 cm³/mol. The zero-order valence-corrected chi connectivity index (χ0v) is 6.73. The minimum Gasteiger partial charge on any atom is -0.508 e. The van der Waals surface area contributed by atoms with E-state index in [0.717, 1.165) is 0 Å². The van der Waals surface area contributed by atoms with Crippen molar-refractivity contribution < 1.29 is 9.90 Å². The van der Waals surface area contributed by atoms with E-state index in [9.17, 15) is 9.70 Å². The molecule has 0 aromatic heterocycles. The van der Waals surface area contributed by atoms with Crippen LogP contribution in [0.15, 0.2) is 29.4 Å². The zero-order chi connectivity index (χ0) is 9.68. The monoisotopic (exact) mass is 180 g/mol. The van der Waals surface area contributed by atoms with Crippen LogP contribution in [-0.4, -0.2) is 17.6 Å². The topological polar surface area (TPSA) is 78.8 Å². The van der Waals surface area contributed by atoms with Gasteiger partial charge in [-0.1, -0.05) is 0 Å². The highest BCUT2D eigenvalue weighted by Crippen LogP contribution is 2.13. The second kappa shape index (κ2) is 4.20. The molecule has 0 atom stereocenters. The number of nitrogens with one attached hydrogen (secondary N) is 1. The van der Waals surface area contributed by atoms with Crippen LogP contribution in [0, 0.1) is 4.91 Å². The van der Waals surface area contributed by atoms with E-state index in [4.69, 9.17) is 5.11 Å². The van der Waals surface area contributed by atoms with Crippen molar-refractivity contribution in [1.29, 1.82) is 0 Å². The number of nitroso groups, excluding NO2 is 1. The lowest BCUT2D eigenvalue weighted by atomic mass is 10.3. The van der Waals surface area contributed by atoms with Crippen LogP contribution in [0.5, 0.6) is 5.75 Å². The molecule has 0 aliphatic carbocycles. The normalized spacial score (nSPS) is 9.23. The molecule has 0 aliphatic rings. The summed E-state index contributed by atoms with van der Waals surface area (Å²) in [6.45, 7) is -0.131. The number of hydrogen-bond acceptors (Lipinski definition) is 4. The van der Waals surface area contributed by atoms with Gasteiger partial charge in [0.1, 0.15) is 5.75 Å². The minimum absolute atomic E-state index is 0.131. The lowest BCUT2D eigenvalue weighted by Crippen LogP contribution is -2.10. The van der Waals surface area contributed by atoms with Gasteiger partial charge in [0.25, 0.3) is 0 Å². The van der Waals surface area contributed by atoms with Crippen molar-refractivity contribution in [3.05, 3.63) is 29.2 Å². The molecule has 0 aliphatic heterocycles. The quantitative estimate of drug-likeness (QED) is 0.539. The smallest absolute Gasteiger partial charge is 0.305 e. The Bertz CT molecular complexity index is 308. The maximum Gasteiger partial charge on any atom is 0.305 e. The highest BCUT2D eigenvalue weighted by molar-refractivity contribution is 5.81. The van der Waals surface area contributed by atoms with Crippen molar-refractivity contribution in [1.82, 2.24) is 0 Å². The Morgan fingerprint density at radius 2 is 2.00 bits per heavy atom. The van der Waals surface area contributed by atoms with Crippen LogP contribution >= 0.6 is 0 Å². The molecule has 0 saturated heterocycles. The lowest BCUT2D eigenvalue weighted by Gasteiger charge is -2.01. The summed E-state index contributed by atoms with van der Waals surface area (Å²) in [6.07, 6.45) is 0. The second-order valence-electron chi connectivity index (χ2n) is 2.39. The predicted octanol–water partition coefficient (Wildman–Crippen LogP) is 1.10. The standard InChI is InChI=1S/C8H8N2O3/c11-7-3-1-6(2-4-7)9-5-8(12)10-13/h1-4,9,11H,5H2. The number of phenolic OH excluding ortho intramolecular Hbond substituents is 1. The van der Waals surface area contributed by atoms with Gasteiger partial charge in [0.15, 0.2) is 0 Å². The largest absolute Gasteiger partial charge is 0.508 e. The van der Waals surface area contributed by atoms with E-state index in [0.29, 0.717) is 5.69 Å². The summed E-state index contributed by atoms with van der Waals surface area (Å²) in [5.41, 5.74) is 0.648. The summed E-state index contributed by atoms with van der Waals surface area (Å²) >= 11 is 0. The number of carbonyl (C=O) groups excluding carboxylic acids is 1. The fraction of sp³-hybridized carbons (Fsp3) is 0.125. The first-order valence-electron chi connectivity index (χ1n) is 3.61. The SMILES string of the molecule is O=NC(=O)CNc1ccc(O)cc1. The van der Waals surface area contributed by atoms with Crippen molar-refractivity contribution in [2.45, 2.75) is 0 Å². The minimum atomic E-state index is -0.756. The van der Waals surface area contributed by atoms with Gasteiger partial charge in [0, 0.05) is 10.9 Å². The Morgan fingerprint density at radius 1 is 1.38 bits per heavy atom. The van der Waals surface area contributed by atoms with E-state index in [1.807, 2.05) is 0 Å². The van der Waals surface area contributed by atoms with Crippen molar-refractivity contribution in [2.24, 2.45) is 5.18 Å². The van der Waals surface area contributed by atoms with Crippen LogP contribution in [0.25, 0.3) is 0 Å². The van der Waals surface area contributed by atoms with Crippen LogP contribution in [0.3, 0.4) is 0 Å². The lowest BCUT2D eigenvalue weighted by molar-refractivity contribution is -0.116. The Hall–Kier alpha value is -1.91. The van der Waals surface area contributed by atoms with E-state index < -0.39 is 5.91 Å². The molecule has 5 heteroatoms.